The third kappa shape index (κ3) is 5.77. The van der Waals surface area contributed by atoms with Gasteiger partial charge in [-0.2, -0.15) is 0 Å². The van der Waals surface area contributed by atoms with Gasteiger partial charge in [-0.1, -0.05) is 13.3 Å². The molecule has 0 fully saturated rings. The maximum atomic E-state index is 11.2. The standard InChI is InChI=1S/C13H23N3O3S/c1-2-3-8-19-9-4-7-16-11-5-6-13(12(14)10-11)20(15,17)18/h5-6,10,16H,2-4,7-9,14H2,1H3,(H2,15,17,18). The second-order valence-electron chi connectivity index (χ2n) is 4.54. The molecule has 6 nitrogen and oxygen atoms in total. The molecule has 1 aromatic carbocycles. The Balaban J connectivity index is 2.37. The van der Waals surface area contributed by atoms with E-state index < -0.39 is 10.0 Å². The Labute approximate surface area is 120 Å². The van der Waals surface area contributed by atoms with E-state index in [1.54, 1.807) is 12.1 Å². The highest BCUT2D eigenvalue weighted by atomic mass is 32.2. The quantitative estimate of drug-likeness (QED) is 0.473. The smallest absolute Gasteiger partial charge is 0.240 e. The molecule has 114 valence electrons. The van der Waals surface area contributed by atoms with Crippen LogP contribution in [0, 0.1) is 0 Å². The first-order valence-electron chi connectivity index (χ1n) is 6.69. The Kier molecular flexibility index (Phi) is 6.77. The molecule has 0 radical (unpaired) electrons. The van der Waals surface area contributed by atoms with Gasteiger partial charge in [0.2, 0.25) is 10.0 Å². The van der Waals surface area contributed by atoms with E-state index in [4.69, 9.17) is 15.6 Å². The van der Waals surface area contributed by atoms with Crippen molar-refractivity contribution in [1.29, 1.82) is 0 Å². The molecule has 0 amide bonds. The summed E-state index contributed by atoms with van der Waals surface area (Å²) in [5.41, 5.74) is 6.59. The van der Waals surface area contributed by atoms with Gasteiger partial charge in [-0.25, -0.2) is 13.6 Å². The van der Waals surface area contributed by atoms with Crippen LogP contribution in [0.4, 0.5) is 11.4 Å². The Bertz CT molecular complexity index is 518. The number of nitrogen functional groups attached to an aromatic ring is 1. The van der Waals surface area contributed by atoms with Gasteiger partial charge in [0.1, 0.15) is 4.90 Å². The molecule has 0 aromatic heterocycles. The molecule has 1 aromatic rings. The number of primary sulfonamides is 1. The summed E-state index contributed by atoms with van der Waals surface area (Å²) in [5.74, 6) is 0. The minimum Gasteiger partial charge on any atom is -0.398 e. The van der Waals surface area contributed by atoms with Crippen LogP contribution in [-0.2, 0) is 14.8 Å². The zero-order valence-electron chi connectivity index (χ0n) is 11.8. The van der Waals surface area contributed by atoms with Crippen molar-refractivity contribution in [3.8, 4) is 0 Å². The Morgan fingerprint density at radius 3 is 2.55 bits per heavy atom. The molecule has 0 heterocycles. The molecule has 0 aliphatic carbocycles. The molecule has 0 saturated heterocycles. The van der Waals surface area contributed by atoms with E-state index in [0.717, 1.165) is 38.1 Å². The van der Waals surface area contributed by atoms with Crippen molar-refractivity contribution in [3.63, 3.8) is 0 Å². The van der Waals surface area contributed by atoms with Crippen molar-refractivity contribution < 1.29 is 13.2 Å². The molecule has 0 unspecified atom stereocenters. The Hall–Kier alpha value is -1.31. The number of hydrogen-bond acceptors (Lipinski definition) is 5. The number of anilines is 2. The van der Waals surface area contributed by atoms with E-state index in [-0.39, 0.29) is 10.6 Å². The van der Waals surface area contributed by atoms with Gasteiger partial charge >= 0.3 is 0 Å². The van der Waals surface area contributed by atoms with Gasteiger partial charge in [-0.3, -0.25) is 0 Å². The molecule has 0 aliphatic heterocycles. The van der Waals surface area contributed by atoms with Crippen LogP contribution in [0.3, 0.4) is 0 Å². The van der Waals surface area contributed by atoms with Crippen molar-refractivity contribution in [2.24, 2.45) is 5.14 Å². The minimum absolute atomic E-state index is 0.0500. The molecule has 0 bridgehead atoms. The average Bonchev–Trinajstić information content (AvgIpc) is 2.36. The topological polar surface area (TPSA) is 107 Å². The van der Waals surface area contributed by atoms with Crippen molar-refractivity contribution in [2.75, 3.05) is 30.8 Å². The van der Waals surface area contributed by atoms with Crippen molar-refractivity contribution in [2.45, 2.75) is 31.1 Å². The van der Waals surface area contributed by atoms with E-state index in [0.29, 0.717) is 6.61 Å². The second kappa shape index (κ2) is 8.08. The van der Waals surface area contributed by atoms with Gasteiger partial charge in [-0.05, 0) is 31.0 Å². The fourth-order valence-corrected chi connectivity index (χ4v) is 2.32. The molecule has 0 spiro atoms. The van der Waals surface area contributed by atoms with Crippen LogP contribution in [-0.4, -0.2) is 28.2 Å². The van der Waals surface area contributed by atoms with Gasteiger partial charge < -0.3 is 15.8 Å². The monoisotopic (exact) mass is 301 g/mol. The van der Waals surface area contributed by atoms with Gasteiger partial charge in [0.15, 0.2) is 0 Å². The summed E-state index contributed by atoms with van der Waals surface area (Å²) in [4.78, 5) is -0.0500. The van der Waals surface area contributed by atoms with Crippen LogP contribution >= 0.6 is 0 Å². The predicted molar refractivity (Wildman–Crippen MR) is 81.1 cm³/mol. The number of hydrogen-bond donors (Lipinski definition) is 3. The fourth-order valence-electron chi connectivity index (χ4n) is 1.67. The molecule has 7 heteroatoms. The van der Waals surface area contributed by atoms with Crippen LogP contribution in [0.5, 0.6) is 0 Å². The van der Waals surface area contributed by atoms with Gasteiger partial charge in [0.25, 0.3) is 0 Å². The summed E-state index contributed by atoms with van der Waals surface area (Å²) in [6.07, 6.45) is 3.09. The Morgan fingerprint density at radius 1 is 1.25 bits per heavy atom. The lowest BCUT2D eigenvalue weighted by Crippen LogP contribution is -2.14. The fraction of sp³-hybridized carbons (Fsp3) is 0.538. The maximum Gasteiger partial charge on any atom is 0.240 e. The van der Waals surface area contributed by atoms with Crippen LogP contribution in [0.15, 0.2) is 23.1 Å². The highest BCUT2D eigenvalue weighted by Gasteiger charge is 2.11. The lowest BCUT2D eigenvalue weighted by molar-refractivity contribution is 0.131. The number of nitrogens with one attached hydrogen (secondary N) is 1. The number of benzene rings is 1. The zero-order valence-corrected chi connectivity index (χ0v) is 12.6. The molecule has 1 rings (SSSR count). The Morgan fingerprint density at radius 2 is 1.95 bits per heavy atom. The van der Waals surface area contributed by atoms with Crippen LogP contribution < -0.4 is 16.2 Å². The summed E-state index contributed by atoms with van der Waals surface area (Å²) in [6, 6.07) is 4.62. The van der Waals surface area contributed by atoms with Crippen molar-refractivity contribution >= 4 is 21.4 Å². The molecule has 5 N–H and O–H groups in total. The summed E-state index contributed by atoms with van der Waals surface area (Å²) in [5, 5.41) is 8.20. The first kappa shape index (κ1) is 16.7. The van der Waals surface area contributed by atoms with E-state index in [1.807, 2.05) is 0 Å². The first-order valence-corrected chi connectivity index (χ1v) is 8.23. The van der Waals surface area contributed by atoms with Crippen LogP contribution in [0.2, 0.25) is 0 Å². The van der Waals surface area contributed by atoms with E-state index >= 15 is 0 Å². The lowest BCUT2D eigenvalue weighted by Gasteiger charge is -2.09. The highest BCUT2D eigenvalue weighted by Crippen LogP contribution is 2.21. The largest absolute Gasteiger partial charge is 0.398 e. The summed E-state index contributed by atoms with van der Waals surface area (Å²) in [7, 11) is -3.76. The molecule has 20 heavy (non-hydrogen) atoms. The molecule has 0 atom stereocenters. The van der Waals surface area contributed by atoms with Crippen LogP contribution in [0.1, 0.15) is 26.2 Å². The number of unbranched alkanes of at least 4 members (excludes halogenated alkanes) is 1. The second-order valence-corrected chi connectivity index (χ2v) is 6.07. The van der Waals surface area contributed by atoms with Crippen molar-refractivity contribution in [3.05, 3.63) is 18.2 Å². The number of rotatable bonds is 9. The average molecular weight is 301 g/mol. The van der Waals surface area contributed by atoms with Gasteiger partial charge in [-0.15, -0.1) is 0 Å². The number of sulfonamides is 1. The molecular weight excluding hydrogens is 278 g/mol. The highest BCUT2D eigenvalue weighted by molar-refractivity contribution is 7.89. The number of nitrogens with two attached hydrogens (primary N) is 2. The normalized spacial score (nSPS) is 11.5. The predicted octanol–water partition coefficient (Wildman–Crippen LogP) is 1.53. The number of ether oxygens (including phenoxy) is 1. The van der Waals surface area contributed by atoms with Gasteiger partial charge in [0.05, 0.1) is 5.69 Å². The van der Waals surface area contributed by atoms with E-state index in [9.17, 15) is 8.42 Å². The molecular formula is C13H23N3O3S. The summed E-state index contributed by atoms with van der Waals surface area (Å²) in [6.45, 7) is 4.37. The van der Waals surface area contributed by atoms with Crippen molar-refractivity contribution in [1.82, 2.24) is 0 Å². The van der Waals surface area contributed by atoms with E-state index in [2.05, 4.69) is 12.2 Å². The van der Waals surface area contributed by atoms with Crippen LogP contribution in [0.25, 0.3) is 0 Å². The first-order chi connectivity index (χ1) is 9.45. The van der Waals surface area contributed by atoms with Gasteiger partial charge in [0, 0.05) is 25.4 Å². The summed E-state index contributed by atoms with van der Waals surface area (Å²) >= 11 is 0. The third-order valence-electron chi connectivity index (χ3n) is 2.75. The molecule has 0 saturated carbocycles. The minimum atomic E-state index is -3.76. The SMILES string of the molecule is CCCCOCCCNc1ccc(S(N)(=O)=O)c(N)c1. The summed E-state index contributed by atoms with van der Waals surface area (Å²) < 4.78 is 27.9. The maximum absolute atomic E-state index is 11.2. The lowest BCUT2D eigenvalue weighted by atomic mass is 10.2. The molecule has 0 aliphatic rings. The zero-order chi connectivity index (χ0) is 15.0. The van der Waals surface area contributed by atoms with E-state index in [1.165, 1.54) is 6.07 Å². The third-order valence-corrected chi connectivity index (χ3v) is 3.74.